The summed E-state index contributed by atoms with van der Waals surface area (Å²) in [6, 6.07) is 36.8. The second-order valence-corrected chi connectivity index (χ2v) is 14.8. The first-order valence-corrected chi connectivity index (χ1v) is 19.3. The van der Waals surface area contributed by atoms with Gasteiger partial charge in [-0.3, -0.25) is 0 Å². The van der Waals surface area contributed by atoms with Crippen LogP contribution >= 0.6 is 0 Å². The molecule has 2 fully saturated rings. The Morgan fingerprint density at radius 1 is 0.554 bits per heavy atom. The number of para-hydroxylation sites is 1. The molecule has 56 heavy (non-hydrogen) atoms. The molecular weight excluding hydrogens is 723 g/mol. The summed E-state index contributed by atoms with van der Waals surface area (Å²) < 4.78 is 88.4. The minimum absolute atomic E-state index is 0.00299. The summed E-state index contributed by atoms with van der Waals surface area (Å²) in [5, 5.41) is 0. The van der Waals surface area contributed by atoms with Gasteiger partial charge in [0.2, 0.25) is 6.29 Å². The smallest absolute Gasteiger partial charge is 0.441 e. The predicted molar refractivity (Wildman–Crippen MR) is 207 cm³/mol. The Morgan fingerprint density at radius 3 is 1.57 bits per heavy atom. The summed E-state index contributed by atoms with van der Waals surface area (Å²) in [5.41, 5.74) is 2.93. The zero-order chi connectivity index (χ0) is 39.5. The lowest BCUT2D eigenvalue weighted by molar-refractivity contribution is -0.336. The van der Waals surface area contributed by atoms with E-state index in [9.17, 15) is 13.2 Å². The summed E-state index contributed by atoms with van der Waals surface area (Å²) in [5.74, 6) is -1.64. The number of rotatable bonds is 15. The van der Waals surface area contributed by atoms with Gasteiger partial charge in [-0.25, -0.2) is 4.99 Å². The van der Waals surface area contributed by atoms with Crippen LogP contribution in [0.2, 0.25) is 0 Å². The van der Waals surface area contributed by atoms with E-state index in [1.165, 1.54) is 12.1 Å². The molecule has 2 aliphatic rings. The summed E-state index contributed by atoms with van der Waals surface area (Å²) in [6.07, 6.45) is -9.94. The van der Waals surface area contributed by atoms with Crippen LogP contribution in [0, 0.1) is 23.7 Å². The van der Waals surface area contributed by atoms with E-state index in [1.54, 1.807) is 18.2 Å². The summed E-state index contributed by atoms with van der Waals surface area (Å²) in [4.78, 5) is 3.86. The van der Waals surface area contributed by atoms with E-state index in [2.05, 4.69) is 25.8 Å². The van der Waals surface area contributed by atoms with Gasteiger partial charge in [-0.05, 0) is 40.7 Å². The van der Waals surface area contributed by atoms with Crippen LogP contribution in [0.5, 0.6) is 0 Å². The molecule has 0 spiro atoms. The Kier molecular flexibility index (Phi) is 14.7. The zero-order valence-electron chi connectivity index (χ0n) is 32.3. The normalized spacial score (nSPS) is 28.5. The summed E-state index contributed by atoms with van der Waals surface area (Å²) in [7, 11) is 0. The van der Waals surface area contributed by atoms with Crippen molar-refractivity contribution in [1.82, 2.24) is 0 Å². The lowest BCUT2D eigenvalue weighted by Crippen LogP contribution is -2.60. The molecule has 2 aliphatic heterocycles. The Balaban J connectivity index is 1.27. The quantitative estimate of drug-likeness (QED) is 0.0880. The van der Waals surface area contributed by atoms with E-state index in [-0.39, 0.29) is 49.4 Å². The van der Waals surface area contributed by atoms with Crippen LogP contribution in [-0.4, -0.2) is 62.3 Å². The molecule has 5 unspecified atom stereocenters. The SMILES string of the molecule is CC1[C@@H](O[C@H]2C(COCc3ccccc3)OC(OC(=Nc3ccccc3)C(F)(F)F)C(OCc3ccccc3)[C@H]2C)OC(COCc2ccccc2)[C@@H](C)[C@@H]1C. The van der Waals surface area contributed by atoms with E-state index in [0.717, 1.165) is 16.7 Å². The number of halogens is 3. The molecule has 10 atom stereocenters. The molecule has 300 valence electrons. The number of hydrogen-bond donors (Lipinski definition) is 0. The molecule has 0 amide bonds. The summed E-state index contributed by atoms with van der Waals surface area (Å²) >= 11 is 0. The van der Waals surface area contributed by atoms with Gasteiger partial charge in [0.15, 0.2) is 6.29 Å². The molecule has 0 aliphatic carbocycles. The van der Waals surface area contributed by atoms with Gasteiger partial charge in [0.1, 0.15) is 12.2 Å². The van der Waals surface area contributed by atoms with Crippen LogP contribution in [0.25, 0.3) is 0 Å². The third-order valence-electron chi connectivity index (χ3n) is 10.8. The monoisotopic (exact) mass is 775 g/mol. The van der Waals surface area contributed by atoms with Gasteiger partial charge in [0, 0.05) is 11.8 Å². The molecule has 0 saturated carbocycles. The highest BCUT2D eigenvalue weighted by molar-refractivity contribution is 5.84. The molecule has 0 radical (unpaired) electrons. The second kappa shape index (κ2) is 19.9. The number of hydrogen-bond acceptors (Lipinski definition) is 8. The fraction of sp³-hybridized carbons (Fsp3) is 0.444. The maximum Gasteiger partial charge on any atom is 0.468 e. The number of ether oxygens (including phenoxy) is 7. The average molecular weight is 776 g/mol. The number of nitrogens with zero attached hydrogens (tertiary/aromatic N) is 1. The molecule has 8 nitrogen and oxygen atoms in total. The van der Waals surface area contributed by atoms with Crippen molar-refractivity contribution in [3.63, 3.8) is 0 Å². The lowest BCUT2D eigenvalue weighted by atomic mass is 9.79. The molecule has 4 aromatic rings. The largest absolute Gasteiger partial charge is 0.468 e. The van der Waals surface area contributed by atoms with Crippen molar-refractivity contribution in [3.05, 3.63) is 138 Å². The van der Waals surface area contributed by atoms with Gasteiger partial charge in [-0.2, -0.15) is 13.2 Å². The Labute approximate surface area is 327 Å². The first-order chi connectivity index (χ1) is 27.1. The van der Waals surface area contributed by atoms with Crippen molar-refractivity contribution in [3.8, 4) is 0 Å². The van der Waals surface area contributed by atoms with E-state index in [4.69, 9.17) is 33.2 Å². The second-order valence-electron chi connectivity index (χ2n) is 14.8. The molecule has 4 aromatic carbocycles. The molecule has 0 N–H and O–H groups in total. The highest BCUT2D eigenvalue weighted by atomic mass is 19.4. The third-order valence-corrected chi connectivity index (χ3v) is 10.8. The van der Waals surface area contributed by atoms with Crippen LogP contribution < -0.4 is 0 Å². The van der Waals surface area contributed by atoms with Crippen molar-refractivity contribution in [2.24, 2.45) is 28.7 Å². The highest BCUT2D eigenvalue weighted by Crippen LogP contribution is 2.40. The number of alkyl halides is 3. The Morgan fingerprint density at radius 2 is 1.04 bits per heavy atom. The lowest BCUT2D eigenvalue weighted by Gasteiger charge is -2.49. The average Bonchev–Trinajstić information content (AvgIpc) is 3.20. The van der Waals surface area contributed by atoms with E-state index in [1.807, 2.05) is 97.9 Å². The van der Waals surface area contributed by atoms with E-state index in [0.29, 0.717) is 13.2 Å². The minimum Gasteiger partial charge on any atom is -0.441 e. The van der Waals surface area contributed by atoms with Crippen molar-refractivity contribution in [2.45, 2.75) is 90.7 Å². The van der Waals surface area contributed by atoms with Gasteiger partial charge in [0.25, 0.3) is 5.90 Å². The fourth-order valence-electron chi connectivity index (χ4n) is 7.15. The molecule has 2 saturated heterocycles. The Hall–Kier alpha value is -4.10. The molecule has 0 aromatic heterocycles. The zero-order valence-corrected chi connectivity index (χ0v) is 32.3. The van der Waals surface area contributed by atoms with Crippen molar-refractivity contribution < 1.29 is 46.3 Å². The molecule has 2 heterocycles. The van der Waals surface area contributed by atoms with Crippen molar-refractivity contribution in [2.75, 3.05) is 13.2 Å². The van der Waals surface area contributed by atoms with Crippen LogP contribution in [0.4, 0.5) is 18.9 Å². The predicted octanol–water partition coefficient (Wildman–Crippen LogP) is 9.69. The maximum atomic E-state index is 14.6. The van der Waals surface area contributed by atoms with E-state index >= 15 is 0 Å². The van der Waals surface area contributed by atoms with Crippen LogP contribution in [0.15, 0.2) is 126 Å². The van der Waals surface area contributed by atoms with Crippen molar-refractivity contribution in [1.29, 1.82) is 0 Å². The number of benzene rings is 4. The molecule has 6 rings (SSSR count). The van der Waals surface area contributed by atoms with Gasteiger partial charge in [-0.15, -0.1) is 0 Å². The van der Waals surface area contributed by atoms with Crippen LogP contribution in [0.1, 0.15) is 44.4 Å². The molecule has 11 heteroatoms. The van der Waals surface area contributed by atoms with Gasteiger partial charge in [-0.1, -0.05) is 137 Å². The molecular formula is C45H52F3NO7. The van der Waals surface area contributed by atoms with Crippen molar-refractivity contribution >= 4 is 11.6 Å². The first-order valence-electron chi connectivity index (χ1n) is 19.3. The van der Waals surface area contributed by atoms with E-state index < -0.39 is 48.9 Å². The van der Waals surface area contributed by atoms with Crippen LogP contribution in [0.3, 0.4) is 0 Å². The summed E-state index contributed by atoms with van der Waals surface area (Å²) in [6.45, 7) is 9.49. The van der Waals surface area contributed by atoms with Gasteiger partial charge >= 0.3 is 6.18 Å². The minimum atomic E-state index is -4.92. The first kappa shape index (κ1) is 41.5. The Bertz CT molecular complexity index is 1760. The third kappa shape index (κ3) is 11.3. The topological polar surface area (TPSA) is 77.0 Å². The fourth-order valence-corrected chi connectivity index (χ4v) is 7.15. The standard InChI is InChI=1S/C45H52F3NO7/c1-30-31(2)38(28-50-25-34-17-9-5-10-18-34)53-42(32(30)3)55-40-33(4)41(52-27-36-21-13-7-14-22-36)43(54-39(40)29-51-26-35-19-11-6-12-20-35)56-44(45(46,47)48)49-37-23-15-8-16-24-37/h5-24,30-33,38-43H,25-29H2,1-4H3/t30-,31-,32?,33-,38?,39?,40+,41?,42+,43?/m0/s1. The van der Waals surface area contributed by atoms with Crippen LogP contribution in [-0.2, 0) is 53.0 Å². The molecule has 0 bridgehead atoms. The number of aliphatic imine (C=N–C) groups is 1. The van der Waals surface area contributed by atoms with Gasteiger partial charge in [0.05, 0.1) is 50.9 Å². The highest BCUT2D eigenvalue weighted by Gasteiger charge is 2.51. The maximum absolute atomic E-state index is 14.6. The van der Waals surface area contributed by atoms with Gasteiger partial charge < -0.3 is 33.2 Å².